The van der Waals surface area contributed by atoms with Gasteiger partial charge < -0.3 is 14.5 Å². The highest BCUT2D eigenvalue weighted by Gasteiger charge is 2.44. The Morgan fingerprint density at radius 2 is 1.96 bits per heavy atom. The number of likely N-dealkylation sites (N-methyl/N-ethyl adjacent to an activating group) is 1. The fraction of sp³-hybridized carbons (Fsp3) is 0.556. The van der Waals surface area contributed by atoms with Gasteiger partial charge in [-0.3, -0.25) is 9.59 Å². The maximum Gasteiger partial charge on any atom is 0.257 e. The van der Waals surface area contributed by atoms with Gasteiger partial charge in [0.2, 0.25) is 5.91 Å². The molecule has 23 heavy (non-hydrogen) atoms. The van der Waals surface area contributed by atoms with Crippen molar-refractivity contribution in [3.63, 3.8) is 0 Å². The van der Waals surface area contributed by atoms with Gasteiger partial charge in [0.15, 0.2) is 0 Å². The van der Waals surface area contributed by atoms with E-state index in [0.717, 1.165) is 12.8 Å². The largest absolute Gasteiger partial charge is 0.486 e. The second-order valence-corrected chi connectivity index (χ2v) is 6.39. The van der Waals surface area contributed by atoms with E-state index in [4.69, 9.17) is 4.74 Å². The quantitative estimate of drug-likeness (QED) is 0.859. The molecule has 2 aliphatic heterocycles. The van der Waals surface area contributed by atoms with Gasteiger partial charge in [-0.25, -0.2) is 0 Å². The van der Waals surface area contributed by atoms with Crippen molar-refractivity contribution in [1.29, 1.82) is 0 Å². The van der Waals surface area contributed by atoms with Crippen LogP contribution in [-0.4, -0.2) is 53.9 Å². The molecule has 0 radical (unpaired) electrons. The fourth-order valence-corrected chi connectivity index (χ4v) is 3.57. The SMILES string of the molecule is CCC(CC)C(=O)N1C[C@@H]2Oc3ccccc3C(=O)N(C)[C@@H]2C1. The van der Waals surface area contributed by atoms with Crippen molar-refractivity contribution >= 4 is 11.8 Å². The summed E-state index contributed by atoms with van der Waals surface area (Å²) in [6.45, 7) is 5.19. The van der Waals surface area contributed by atoms with Crippen LogP contribution in [0, 0.1) is 5.92 Å². The van der Waals surface area contributed by atoms with Gasteiger partial charge in [0, 0.05) is 19.5 Å². The van der Waals surface area contributed by atoms with Crippen LogP contribution in [0.25, 0.3) is 0 Å². The number of rotatable bonds is 3. The molecule has 0 aliphatic carbocycles. The lowest BCUT2D eigenvalue weighted by molar-refractivity contribution is -0.135. The first-order valence-electron chi connectivity index (χ1n) is 8.38. The molecule has 0 aromatic heterocycles. The molecule has 5 nitrogen and oxygen atoms in total. The van der Waals surface area contributed by atoms with Gasteiger partial charge >= 0.3 is 0 Å². The van der Waals surface area contributed by atoms with Crippen molar-refractivity contribution in [2.75, 3.05) is 20.1 Å². The Balaban J connectivity index is 1.84. The van der Waals surface area contributed by atoms with Crippen LogP contribution in [0.1, 0.15) is 37.0 Å². The van der Waals surface area contributed by atoms with E-state index < -0.39 is 0 Å². The lowest BCUT2D eigenvalue weighted by Crippen LogP contribution is -2.44. The van der Waals surface area contributed by atoms with E-state index in [1.54, 1.807) is 18.0 Å². The summed E-state index contributed by atoms with van der Waals surface area (Å²) in [6, 6.07) is 7.25. The lowest BCUT2D eigenvalue weighted by Gasteiger charge is -2.25. The van der Waals surface area contributed by atoms with Crippen molar-refractivity contribution < 1.29 is 14.3 Å². The maximum absolute atomic E-state index is 12.6. The minimum Gasteiger partial charge on any atom is -0.486 e. The summed E-state index contributed by atoms with van der Waals surface area (Å²) in [5.41, 5.74) is 0.599. The molecule has 5 heteroatoms. The molecule has 0 unspecified atom stereocenters. The Bertz CT molecular complexity index is 612. The van der Waals surface area contributed by atoms with Gasteiger partial charge in [0.1, 0.15) is 11.9 Å². The predicted molar refractivity (Wildman–Crippen MR) is 87.4 cm³/mol. The number of ether oxygens (including phenoxy) is 1. The van der Waals surface area contributed by atoms with Gasteiger partial charge in [-0.2, -0.15) is 0 Å². The molecular formula is C18H24N2O3. The number of hydrogen-bond donors (Lipinski definition) is 0. The van der Waals surface area contributed by atoms with Crippen LogP contribution in [0.2, 0.25) is 0 Å². The van der Waals surface area contributed by atoms with E-state index in [1.165, 1.54) is 0 Å². The van der Waals surface area contributed by atoms with Crippen LogP contribution >= 0.6 is 0 Å². The molecule has 2 aliphatic rings. The van der Waals surface area contributed by atoms with E-state index in [2.05, 4.69) is 0 Å². The summed E-state index contributed by atoms with van der Waals surface area (Å²) < 4.78 is 6.09. The Morgan fingerprint density at radius 1 is 1.26 bits per heavy atom. The number of carbonyl (C=O) groups excluding carboxylic acids is 2. The maximum atomic E-state index is 12.6. The zero-order chi connectivity index (χ0) is 16.6. The summed E-state index contributed by atoms with van der Waals surface area (Å²) >= 11 is 0. The van der Waals surface area contributed by atoms with Gasteiger partial charge in [0.05, 0.1) is 18.2 Å². The summed E-state index contributed by atoms with van der Waals surface area (Å²) in [4.78, 5) is 28.9. The highest BCUT2D eigenvalue weighted by molar-refractivity contribution is 5.97. The van der Waals surface area contributed by atoms with Gasteiger partial charge in [0.25, 0.3) is 5.91 Å². The van der Waals surface area contributed by atoms with Crippen LogP contribution in [-0.2, 0) is 4.79 Å². The number of likely N-dealkylation sites (tertiary alicyclic amines) is 1. The van der Waals surface area contributed by atoms with Crippen molar-refractivity contribution in [3.05, 3.63) is 29.8 Å². The third kappa shape index (κ3) is 2.69. The van der Waals surface area contributed by atoms with E-state index >= 15 is 0 Å². The molecular weight excluding hydrogens is 292 g/mol. The standard InChI is InChI=1S/C18H24N2O3/c1-4-12(5-2)17(21)20-10-14-16(11-20)23-15-9-7-6-8-13(15)18(22)19(14)3/h6-9,12,14,16H,4-5,10-11H2,1-3H3/t14-,16+/m1/s1. The molecule has 1 aromatic rings. The van der Waals surface area contributed by atoms with Crippen molar-refractivity contribution in [3.8, 4) is 5.75 Å². The highest BCUT2D eigenvalue weighted by atomic mass is 16.5. The fourth-order valence-electron chi connectivity index (χ4n) is 3.57. The third-order valence-corrected chi connectivity index (χ3v) is 5.10. The van der Waals surface area contributed by atoms with Gasteiger partial charge in [-0.1, -0.05) is 26.0 Å². The zero-order valence-corrected chi connectivity index (χ0v) is 14.0. The Morgan fingerprint density at radius 3 is 2.65 bits per heavy atom. The predicted octanol–water partition coefficient (Wildman–Crippen LogP) is 2.17. The first kappa shape index (κ1) is 15.8. The molecule has 2 atom stereocenters. The zero-order valence-electron chi connectivity index (χ0n) is 14.0. The number of benzene rings is 1. The molecule has 1 fully saturated rings. The average molecular weight is 316 g/mol. The molecule has 0 spiro atoms. The monoisotopic (exact) mass is 316 g/mol. The third-order valence-electron chi connectivity index (χ3n) is 5.10. The van der Waals surface area contributed by atoms with Crippen LogP contribution in [0.5, 0.6) is 5.75 Å². The molecule has 0 saturated carbocycles. The van der Waals surface area contributed by atoms with Crippen LogP contribution in [0.3, 0.4) is 0 Å². The number of carbonyl (C=O) groups is 2. The minimum absolute atomic E-state index is 0.0371. The van der Waals surface area contributed by atoms with Crippen molar-refractivity contribution in [1.82, 2.24) is 9.80 Å². The summed E-state index contributed by atoms with van der Waals surface area (Å²) in [5.74, 6) is 0.824. The van der Waals surface area contributed by atoms with Crippen LogP contribution in [0.4, 0.5) is 0 Å². The van der Waals surface area contributed by atoms with Crippen molar-refractivity contribution in [2.45, 2.75) is 38.8 Å². The number of para-hydroxylation sites is 1. The van der Waals surface area contributed by atoms with Gasteiger partial charge in [-0.15, -0.1) is 0 Å². The number of fused-ring (bicyclic) bond motifs is 2. The second-order valence-electron chi connectivity index (χ2n) is 6.39. The minimum atomic E-state index is -0.161. The lowest BCUT2D eigenvalue weighted by atomic mass is 10.0. The number of hydrogen-bond acceptors (Lipinski definition) is 3. The second kappa shape index (κ2) is 6.22. The van der Waals surface area contributed by atoms with Crippen LogP contribution in [0.15, 0.2) is 24.3 Å². The molecule has 124 valence electrons. The van der Waals surface area contributed by atoms with E-state index in [1.807, 2.05) is 36.9 Å². The molecule has 3 rings (SSSR count). The van der Waals surface area contributed by atoms with Crippen LogP contribution < -0.4 is 4.74 Å². The van der Waals surface area contributed by atoms with Gasteiger partial charge in [-0.05, 0) is 25.0 Å². The Hall–Kier alpha value is -2.04. The van der Waals surface area contributed by atoms with E-state index in [-0.39, 0.29) is 29.9 Å². The first-order valence-corrected chi connectivity index (χ1v) is 8.38. The molecule has 0 N–H and O–H groups in total. The summed E-state index contributed by atoms with van der Waals surface area (Å²) in [7, 11) is 1.80. The molecule has 1 saturated heterocycles. The smallest absolute Gasteiger partial charge is 0.257 e. The normalized spacial score (nSPS) is 23.4. The molecule has 2 amide bonds. The summed E-state index contributed by atoms with van der Waals surface area (Å²) in [6.07, 6.45) is 1.53. The molecule has 2 heterocycles. The number of nitrogens with zero attached hydrogens (tertiary/aromatic N) is 2. The Kier molecular flexibility index (Phi) is 4.28. The molecule has 0 bridgehead atoms. The van der Waals surface area contributed by atoms with E-state index in [9.17, 15) is 9.59 Å². The topological polar surface area (TPSA) is 49.9 Å². The van der Waals surface area contributed by atoms with E-state index in [0.29, 0.717) is 24.4 Å². The average Bonchev–Trinajstić information content (AvgIpc) is 2.95. The molecule has 1 aromatic carbocycles. The first-order chi connectivity index (χ1) is 11.1. The number of amides is 2. The Labute approximate surface area is 137 Å². The summed E-state index contributed by atoms with van der Waals surface area (Å²) in [5, 5.41) is 0. The van der Waals surface area contributed by atoms with Crippen molar-refractivity contribution in [2.24, 2.45) is 5.92 Å². The highest BCUT2D eigenvalue weighted by Crippen LogP contribution is 2.31.